The van der Waals surface area contributed by atoms with Gasteiger partial charge in [-0.1, -0.05) is 65.7 Å². The van der Waals surface area contributed by atoms with Crippen LogP contribution in [0.25, 0.3) is 0 Å². The van der Waals surface area contributed by atoms with Crippen LogP contribution in [-0.2, 0) is 19.6 Å². The van der Waals surface area contributed by atoms with Gasteiger partial charge in [-0.2, -0.15) is 4.31 Å². The van der Waals surface area contributed by atoms with Crippen molar-refractivity contribution >= 4 is 16.0 Å². The summed E-state index contributed by atoms with van der Waals surface area (Å²) in [6.45, 7) is 5.82. The molecule has 1 aliphatic heterocycles. The lowest BCUT2D eigenvalue weighted by Gasteiger charge is -2.41. The number of aryl methyl sites for hydroxylation is 2. The summed E-state index contributed by atoms with van der Waals surface area (Å²) in [7, 11) is -2.49. The number of rotatable bonds is 7. The minimum Gasteiger partial charge on any atom is -0.497 e. The van der Waals surface area contributed by atoms with Gasteiger partial charge in [0, 0.05) is 0 Å². The van der Waals surface area contributed by atoms with Crippen LogP contribution in [0.4, 0.5) is 0 Å². The molecule has 0 aromatic heterocycles. The highest BCUT2D eigenvalue weighted by Gasteiger charge is 2.45. The van der Waals surface area contributed by atoms with Crippen LogP contribution in [-0.4, -0.2) is 32.4 Å². The van der Waals surface area contributed by atoms with E-state index in [-0.39, 0.29) is 11.5 Å². The number of ether oxygens (including phenoxy) is 2. The smallest absolute Gasteiger partial charge is 0.335 e. The van der Waals surface area contributed by atoms with E-state index in [0.29, 0.717) is 23.3 Å². The minimum absolute atomic E-state index is 0.170. The van der Waals surface area contributed by atoms with Gasteiger partial charge in [-0.05, 0) is 62.6 Å². The molecule has 1 aliphatic rings. The summed E-state index contributed by atoms with van der Waals surface area (Å²) in [5, 5.41) is 0. The molecule has 3 aromatic carbocycles. The number of carbonyl (C=O) groups is 1. The van der Waals surface area contributed by atoms with E-state index in [9.17, 15) is 13.2 Å². The van der Waals surface area contributed by atoms with Crippen LogP contribution in [0.1, 0.15) is 47.7 Å². The molecular formula is C29H31NO5S. The second kappa shape index (κ2) is 10.7. The summed E-state index contributed by atoms with van der Waals surface area (Å²) in [6.07, 6.45) is 2.15. The molecule has 36 heavy (non-hydrogen) atoms. The van der Waals surface area contributed by atoms with Crippen molar-refractivity contribution in [3.63, 3.8) is 0 Å². The summed E-state index contributed by atoms with van der Waals surface area (Å²) in [5.74, 6) is 0.0395. The van der Waals surface area contributed by atoms with E-state index < -0.39 is 28.1 Å². The maximum absolute atomic E-state index is 14.3. The molecule has 0 saturated heterocycles. The second-order valence-corrected chi connectivity index (χ2v) is 10.7. The van der Waals surface area contributed by atoms with Crippen molar-refractivity contribution in [3.8, 4) is 5.75 Å². The van der Waals surface area contributed by atoms with E-state index in [1.165, 1.54) is 4.31 Å². The van der Waals surface area contributed by atoms with E-state index in [4.69, 9.17) is 9.47 Å². The van der Waals surface area contributed by atoms with Crippen molar-refractivity contribution in [2.45, 2.75) is 44.2 Å². The normalized spacial score (nSPS) is 18.4. The molecule has 4 rings (SSSR count). The van der Waals surface area contributed by atoms with Gasteiger partial charge in [0.25, 0.3) is 0 Å². The lowest BCUT2D eigenvalue weighted by Crippen LogP contribution is -2.42. The Labute approximate surface area is 213 Å². The first-order chi connectivity index (χ1) is 17.3. The van der Waals surface area contributed by atoms with Crippen LogP contribution in [0.2, 0.25) is 0 Å². The standard InChI is InChI=1S/C29H31NO5S/c1-5-35-29(31)26-17-18-27(22-13-9-20(2)10-14-22)30(28(26)23-7-6-8-24(19-23)34-4)36(32,33)25-15-11-21(3)12-16-25/h6-17,19,27-28H,5,18H2,1-4H3/t27-,28-/m0/s1. The predicted molar refractivity (Wildman–Crippen MR) is 139 cm³/mol. The first-order valence-electron chi connectivity index (χ1n) is 11.9. The van der Waals surface area contributed by atoms with Crippen molar-refractivity contribution in [1.82, 2.24) is 4.31 Å². The molecule has 0 fully saturated rings. The fourth-order valence-corrected chi connectivity index (χ4v) is 6.31. The molecule has 0 aliphatic carbocycles. The van der Waals surface area contributed by atoms with Gasteiger partial charge >= 0.3 is 5.97 Å². The molecule has 0 amide bonds. The summed E-state index contributed by atoms with van der Waals surface area (Å²) < 4.78 is 40.9. The predicted octanol–water partition coefficient (Wildman–Crippen LogP) is 5.68. The van der Waals surface area contributed by atoms with Crippen molar-refractivity contribution in [1.29, 1.82) is 0 Å². The second-order valence-electron chi connectivity index (χ2n) is 8.87. The maximum Gasteiger partial charge on any atom is 0.335 e. The molecule has 2 atom stereocenters. The first-order valence-corrected chi connectivity index (χ1v) is 13.4. The molecule has 6 nitrogen and oxygen atoms in total. The first kappa shape index (κ1) is 25.7. The van der Waals surface area contributed by atoms with Crippen LogP contribution in [0.5, 0.6) is 5.75 Å². The Balaban J connectivity index is 1.97. The van der Waals surface area contributed by atoms with Crippen molar-refractivity contribution < 1.29 is 22.7 Å². The third kappa shape index (κ3) is 5.08. The maximum atomic E-state index is 14.3. The zero-order valence-corrected chi connectivity index (χ0v) is 21.8. The number of benzene rings is 3. The van der Waals surface area contributed by atoms with E-state index in [2.05, 4.69) is 0 Å². The number of hydrogen-bond donors (Lipinski definition) is 0. The van der Waals surface area contributed by atoms with E-state index in [1.807, 2.05) is 50.3 Å². The molecule has 0 radical (unpaired) electrons. The molecule has 7 heteroatoms. The number of carbonyl (C=O) groups excluding carboxylic acids is 1. The van der Waals surface area contributed by atoms with Gasteiger partial charge < -0.3 is 9.47 Å². The van der Waals surface area contributed by atoms with Crippen LogP contribution >= 0.6 is 0 Å². The molecule has 0 spiro atoms. The largest absolute Gasteiger partial charge is 0.497 e. The zero-order chi connectivity index (χ0) is 25.9. The summed E-state index contributed by atoms with van der Waals surface area (Å²) in [4.78, 5) is 13.3. The third-order valence-electron chi connectivity index (χ3n) is 6.40. The molecular weight excluding hydrogens is 474 g/mol. The van der Waals surface area contributed by atoms with Gasteiger partial charge in [0.15, 0.2) is 0 Å². The third-order valence-corrected chi connectivity index (χ3v) is 8.28. The Morgan fingerprint density at radius 3 is 2.19 bits per heavy atom. The summed E-state index contributed by atoms with van der Waals surface area (Å²) in [6, 6.07) is 20.4. The van der Waals surface area contributed by atoms with Gasteiger partial charge in [0.1, 0.15) is 5.75 Å². The summed E-state index contributed by atoms with van der Waals surface area (Å²) in [5.41, 5.74) is 3.81. The monoisotopic (exact) mass is 505 g/mol. The number of nitrogens with zero attached hydrogens (tertiary/aromatic N) is 1. The Morgan fingerprint density at radius 2 is 1.58 bits per heavy atom. The topological polar surface area (TPSA) is 72.9 Å². The highest BCUT2D eigenvalue weighted by Crippen LogP contribution is 2.46. The van der Waals surface area contributed by atoms with Crippen LogP contribution in [0.3, 0.4) is 0 Å². The highest BCUT2D eigenvalue weighted by atomic mass is 32.2. The molecule has 3 aromatic rings. The van der Waals surface area contributed by atoms with Gasteiger partial charge in [0.2, 0.25) is 10.0 Å². The fraction of sp³-hybridized carbons (Fsp3) is 0.276. The average Bonchev–Trinajstić information content (AvgIpc) is 2.88. The Bertz CT molecular complexity index is 1360. The van der Waals surface area contributed by atoms with Crippen LogP contribution in [0.15, 0.2) is 89.3 Å². The van der Waals surface area contributed by atoms with Crippen LogP contribution in [0, 0.1) is 13.8 Å². The highest BCUT2D eigenvalue weighted by molar-refractivity contribution is 7.89. The number of hydrogen-bond acceptors (Lipinski definition) is 5. The van der Waals surface area contributed by atoms with E-state index in [1.54, 1.807) is 56.5 Å². The Morgan fingerprint density at radius 1 is 0.944 bits per heavy atom. The van der Waals surface area contributed by atoms with Gasteiger partial charge in [-0.3, -0.25) is 0 Å². The number of esters is 1. The molecule has 188 valence electrons. The van der Waals surface area contributed by atoms with E-state index >= 15 is 0 Å². The lowest BCUT2D eigenvalue weighted by atomic mass is 9.89. The van der Waals surface area contributed by atoms with Gasteiger partial charge in [-0.25, -0.2) is 13.2 Å². The molecule has 0 saturated carbocycles. The van der Waals surface area contributed by atoms with Gasteiger partial charge in [0.05, 0.1) is 36.3 Å². The molecule has 1 heterocycles. The van der Waals surface area contributed by atoms with E-state index in [0.717, 1.165) is 16.7 Å². The lowest BCUT2D eigenvalue weighted by molar-refractivity contribution is -0.139. The fourth-order valence-electron chi connectivity index (χ4n) is 4.53. The molecule has 0 unspecified atom stereocenters. The Hall–Kier alpha value is -3.42. The number of methoxy groups -OCH3 is 1. The zero-order valence-electron chi connectivity index (χ0n) is 21.0. The Kier molecular flexibility index (Phi) is 7.62. The van der Waals surface area contributed by atoms with Crippen molar-refractivity contribution in [2.24, 2.45) is 0 Å². The minimum atomic E-state index is -4.04. The van der Waals surface area contributed by atoms with Gasteiger partial charge in [-0.15, -0.1) is 0 Å². The number of sulfonamides is 1. The SMILES string of the molecule is CCOC(=O)C1=CC[C@@H](c2ccc(C)cc2)N(S(=O)(=O)c2ccc(C)cc2)[C@H]1c1cccc(OC)c1. The molecule has 0 N–H and O–H groups in total. The molecule has 0 bridgehead atoms. The summed E-state index contributed by atoms with van der Waals surface area (Å²) >= 11 is 0. The van der Waals surface area contributed by atoms with Crippen molar-refractivity contribution in [2.75, 3.05) is 13.7 Å². The van der Waals surface area contributed by atoms with Crippen molar-refractivity contribution in [3.05, 3.63) is 107 Å². The van der Waals surface area contributed by atoms with Crippen LogP contribution < -0.4 is 4.74 Å². The quantitative estimate of drug-likeness (QED) is 0.387. The average molecular weight is 506 g/mol.